The molecule has 2 saturated heterocycles. The van der Waals surface area contributed by atoms with Crippen molar-refractivity contribution in [3.05, 3.63) is 56.9 Å². The van der Waals surface area contributed by atoms with E-state index < -0.39 is 12.1 Å². The average molecular weight is 623 g/mol. The zero-order valence-corrected chi connectivity index (χ0v) is 26.0. The van der Waals surface area contributed by atoms with Crippen LogP contribution >= 0.6 is 12.4 Å². The molecule has 2 aromatic heterocycles. The predicted molar refractivity (Wildman–Crippen MR) is 167 cm³/mol. The number of piperidine rings is 2. The number of aliphatic hydroxyl groups is 1. The summed E-state index contributed by atoms with van der Waals surface area (Å²) in [6.45, 7) is 8.25. The number of rotatable bonds is 4. The number of cyclic esters (lactones) is 1. The first kappa shape index (κ1) is 30.6. The maximum atomic E-state index is 13.3. The third-order valence-corrected chi connectivity index (χ3v) is 10.1. The van der Waals surface area contributed by atoms with Crippen LogP contribution in [0.4, 0.5) is 4.79 Å². The second kappa shape index (κ2) is 12.1. The molecular formula is C33H39ClN4O6. The number of halogens is 1. The van der Waals surface area contributed by atoms with E-state index in [1.807, 2.05) is 17.0 Å². The van der Waals surface area contributed by atoms with Crippen molar-refractivity contribution in [2.24, 2.45) is 5.92 Å². The maximum absolute atomic E-state index is 13.3. The van der Waals surface area contributed by atoms with Gasteiger partial charge >= 0.3 is 12.1 Å². The van der Waals surface area contributed by atoms with Crippen molar-refractivity contribution in [2.75, 3.05) is 26.2 Å². The van der Waals surface area contributed by atoms with Crippen LogP contribution in [-0.2, 0) is 29.1 Å². The molecule has 0 spiro atoms. The Bertz CT molecular complexity index is 1670. The highest BCUT2D eigenvalue weighted by Gasteiger charge is 2.35. The molecule has 1 aromatic carbocycles. The topological polar surface area (TPSA) is 114 Å². The van der Waals surface area contributed by atoms with Gasteiger partial charge in [-0.1, -0.05) is 20.3 Å². The van der Waals surface area contributed by atoms with Crippen molar-refractivity contribution in [2.45, 2.75) is 77.7 Å². The molecular weight excluding hydrogens is 584 g/mol. The smallest absolute Gasteiger partial charge is 0.415 e. The van der Waals surface area contributed by atoms with Gasteiger partial charge in [0.15, 0.2) is 6.10 Å². The fraction of sp³-hybridized carbons (Fsp3) is 0.515. The number of benzene rings is 1. The normalized spacial score (nSPS) is 20.5. The lowest BCUT2D eigenvalue weighted by atomic mass is 9.92. The summed E-state index contributed by atoms with van der Waals surface area (Å²) in [6, 6.07) is 7.71. The number of aromatic nitrogens is 2. The molecule has 0 unspecified atom stereocenters. The Morgan fingerprint density at radius 1 is 1.05 bits per heavy atom. The van der Waals surface area contributed by atoms with E-state index in [1.54, 1.807) is 16.7 Å². The molecule has 1 N–H and O–H groups in total. The van der Waals surface area contributed by atoms with Crippen molar-refractivity contribution in [1.82, 2.24) is 19.4 Å². The van der Waals surface area contributed by atoms with Crippen LogP contribution in [0.25, 0.3) is 22.3 Å². The Kier molecular flexibility index (Phi) is 8.43. The molecule has 3 aromatic rings. The lowest BCUT2D eigenvalue weighted by Crippen LogP contribution is -2.49. The minimum atomic E-state index is -1.49. The second-order valence-corrected chi connectivity index (χ2v) is 12.3. The number of amides is 1. The van der Waals surface area contributed by atoms with Crippen LogP contribution in [0.15, 0.2) is 29.1 Å². The van der Waals surface area contributed by atoms with Gasteiger partial charge in [0.05, 0.1) is 29.0 Å². The van der Waals surface area contributed by atoms with E-state index >= 15 is 0 Å². The summed E-state index contributed by atoms with van der Waals surface area (Å²) in [5, 5.41) is 11.3. The lowest BCUT2D eigenvalue weighted by Gasteiger charge is -2.41. The van der Waals surface area contributed by atoms with E-state index in [0.29, 0.717) is 54.8 Å². The van der Waals surface area contributed by atoms with Gasteiger partial charge in [0.2, 0.25) is 0 Å². The number of esters is 1. The minimum Gasteiger partial charge on any atom is -0.458 e. The monoisotopic (exact) mass is 622 g/mol. The molecule has 10 nitrogen and oxygen atoms in total. The lowest BCUT2D eigenvalue weighted by molar-refractivity contribution is -0.157. The number of carbonyl (C=O) groups is 2. The van der Waals surface area contributed by atoms with Gasteiger partial charge < -0.3 is 28.9 Å². The molecule has 11 heteroatoms. The minimum absolute atomic E-state index is 0. The highest BCUT2D eigenvalue weighted by molar-refractivity contribution is 5.90. The number of pyridine rings is 2. The van der Waals surface area contributed by atoms with Crippen molar-refractivity contribution >= 4 is 35.4 Å². The third kappa shape index (κ3) is 5.16. The average Bonchev–Trinajstić information content (AvgIpc) is 3.40. The maximum Gasteiger partial charge on any atom is 0.415 e. The largest absolute Gasteiger partial charge is 0.458 e. The third-order valence-electron chi connectivity index (χ3n) is 10.1. The summed E-state index contributed by atoms with van der Waals surface area (Å²) in [7, 11) is 0. The van der Waals surface area contributed by atoms with Crippen molar-refractivity contribution in [3.63, 3.8) is 0 Å². The summed E-state index contributed by atoms with van der Waals surface area (Å²) in [5.41, 5.74) is 4.22. The Labute approximate surface area is 262 Å². The number of hydrogen-bond donors (Lipinski definition) is 1. The Morgan fingerprint density at radius 3 is 2.50 bits per heavy atom. The number of nitrogens with zero attached hydrogens (tertiary/aromatic N) is 4. The van der Waals surface area contributed by atoms with Crippen LogP contribution in [-0.4, -0.2) is 68.7 Å². The van der Waals surface area contributed by atoms with Crippen LogP contribution in [0.5, 0.6) is 5.75 Å². The summed E-state index contributed by atoms with van der Waals surface area (Å²) in [5.74, 6) is 0.575. The summed E-state index contributed by atoms with van der Waals surface area (Å²) in [6.07, 6.45) is 4.65. The van der Waals surface area contributed by atoms with E-state index in [4.69, 9.17) is 14.5 Å². The summed E-state index contributed by atoms with van der Waals surface area (Å²) >= 11 is 0. The van der Waals surface area contributed by atoms with Crippen LogP contribution in [0.3, 0.4) is 0 Å². The number of likely N-dealkylation sites (tertiary alicyclic amines) is 2. The number of fused-ring (bicyclic) bond motifs is 5. The molecule has 4 aliphatic rings. The van der Waals surface area contributed by atoms with Crippen molar-refractivity contribution in [3.8, 4) is 17.1 Å². The van der Waals surface area contributed by atoms with Gasteiger partial charge in [-0.15, -0.1) is 12.4 Å². The van der Waals surface area contributed by atoms with Crippen molar-refractivity contribution < 1.29 is 24.2 Å². The van der Waals surface area contributed by atoms with Gasteiger partial charge in [-0.05, 0) is 80.9 Å². The molecule has 0 radical (unpaired) electrons. The number of ether oxygens (including phenoxy) is 2. The van der Waals surface area contributed by atoms with Gasteiger partial charge in [0.1, 0.15) is 12.4 Å². The molecule has 0 aliphatic carbocycles. The van der Waals surface area contributed by atoms with E-state index in [1.165, 1.54) is 32.4 Å². The van der Waals surface area contributed by atoms with Crippen molar-refractivity contribution in [1.29, 1.82) is 0 Å². The van der Waals surface area contributed by atoms with E-state index in [2.05, 4.69) is 18.7 Å². The zero-order valence-electron chi connectivity index (χ0n) is 25.2. The summed E-state index contributed by atoms with van der Waals surface area (Å²) in [4.78, 5) is 47.8. The van der Waals surface area contributed by atoms with Gasteiger partial charge in [0.25, 0.3) is 5.56 Å². The number of aliphatic hydroxyl groups excluding tert-OH is 1. The molecule has 6 heterocycles. The Balaban J connectivity index is 0.00000343. The first-order chi connectivity index (χ1) is 20.9. The van der Waals surface area contributed by atoms with Gasteiger partial charge in [0, 0.05) is 35.6 Å². The first-order valence-electron chi connectivity index (χ1n) is 15.6. The number of hydrogen-bond acceptors (Lipinski definition) is 8. The van der Waals surface area contributed by atoms with Gasteiger partial charge in [-0.2, -0.15) is 0 Å². The molecule has 1 atom stereocenters. The fourth-order valence-electron chi connectivity index (χ4n) is 7.46. The zero-order chi connectivity index (χ0) is 29.8. The molecule has 4 aliphatic heterocycles. The highest BCUT2D eigenvalue weighted by Crippen LogP contribution is 2.39. The molecule has 1 amide bonds. The Hall–Kier alpha value is -3.47. The SMILES string of the molecule is CCc1c2c(nc3ccc(OC(=O)N4CCC(N5CCC(CC)CC5)CC4)cc13)-c1cc3c(c(=O)n1C2)COC(=O)[C@H]3O.Cl. The molecule has 234 valence electrons. The van der Waals surface area contributed by atoms with Crippen LogP contribution in [0.2, 0.25) is 0 Å². The van der Waals surface area contributed by atoms with Gasteiger partial charge in [-0.25, -0.2) is 14.6 Å². The molecule has 44 heavy (non-hydrogen) atoms. The first-order valence-corrected chi connectivity index (χ1v) is 15.6. The predicted octanol–water partition coefficient (Wildman–Crippen LogP) is 4.58. The van der Waals surface area contributed by atoms with Crippen LogP contribution in [0, 0.1) is 5.92 Å². The quantitative estimate of drug-likeness (QED) is 0.329. The van der Waals surface area contributed by atoms with E-state index in [0.717, 1.165) is 40.8 Å². The molecule has 0 saturated carbocycles. The summed E-state index contributed by atoms with van der Waals surface area (Å²) < 4.78 is 12.5. The molecule has 2 fully saturated rings. The van der Waals surface area contributed by atoms with E-state index in [9.17, 15) is 19.5 Å². The second-order valence-electron chi connectivity index (χ2n) is 12.3. The van der Waals surface area contributed by atoms with Gasteiger partial charge in [-0.3, -0.25) is 4.79 Å². The highest BCUT2D eigenvalue weighted by atomic mass is 35.5. The molecule has 7 rings (SSSR count). The molecule has 0 bridgehead atoms. The standard InChI is InChI=1S/C33H38N4O6.ClH/c1-3-19-7-11-35(12-8-19)20-9-13-36(14-10-20)33(41)43-21-5-6-27-23(15-21)22(4-2)25-17-37-28(29(25)34-27)16-24-26(31(37)39)18-42-32(40)30(24)38;/h5-6,15-16,19-20,30,38H,3-4,7-14,17-18H2,1-2H3;1H/t30-;/m0./s1. The van der Waals surface area contributed by atoms with E-state index in [-0.39, 0.29) is 36.2 Å². The Morgan fingerprint density at radius 2 is 1.80 bits per heavy atom. The fourth-order valence-corrected chi connectivity index (χ4v) is 7.46. The van der Waals surface area contributed by atoms with Crippen LogP contribution < -0.4 is 10.3 Å². The number of aryl methyl sites for hydroxylation is 1. The van der Waals surface area contributed by atoms with Crippen LogP contribution in [0.1, 0.15) is 74.3 Å². The number of carbonyl (C=O) groups excluding carboxylic acids is 2.